The monoisotopic (exact) mass is 375 g/mol. The highest BCUT2D eigenvalue weighted by Crippen LogP contribution is 2.34. The van der Waals surface area contributed by atoms with Crippen molar-refractivity contribution in [2.24, 2.45) is 0 Å². The van der Waals surface area contributed by atoms with Crippen LogP contribution in [0.25, 0.3) is 38.8 Å². The minimum atomic E-state index is -0.759. The number of benzene rings is 3. The van der Waals surface area contributed by atoms with E-state index in [0.717, 1.165) is 17.7 Å². The molecule has 28 heavy (non-hydrogen) atoms. The SMILES string of the molecule is Fc1ccc(-n2nc(-c3ccccc3)c3cnc4c(F)cccc4c32)c(F)c1. The molecule has 0 aliphatic heterocycles. The van der Waals surface area contributed by atoms with Gasteiger partial charge in [-0.25, -0.2) is 17.9 Å². The summed E-state index contributed by atoms with van der Waals surface area (Å²) in [5.74, 6) is -1.92. The van der Waals surface area contributed by atoms with E-state index in [1.54, 1.807) is 12.1 Å². The van der Waals surface area contributed by atoms with Gasteiger partial charge in [-0.1, -0.05) is 42.5 Å². The predicted molar refractivity (Wildman–Crippen MR) is 102 cm³/mol. The molecule has 0 spiro atoms. The van der Waals surface area contributed by atoms with Crippen molar-refractivity contribution in [3.63, 3.8) is 0 Å². The van der Waals surface area contributed by atoms with E-state index in [1.165, 1.54) is 23.0 Å². The second-order valence-electron chi connectivity index (χ2n) is 6.38. The highest BCUT2D eigenvalue weighted by atomic mass is 19.1. The first kappa shape index (κ1) is 16.5. The molecule has 0 saturated heterocycles. The zero-order valence-corrected chi connectivity index (χ0v) is 14.4. The molecule has 0 saturated carbocycles. The Balaban J connectivity index is 1.95. The summed E-state index contributed by atoms with van der Waals surface area (Å²) in [6.07, 6.45) is 1.54. The summed E-state index contributed by atoms with van der Waals surface area (Å²) < 4.78 is 43.7. The van der Waals surface area contributed by atoms with E-state index < -0.39 is 17.5 Å². The molecule has 3 nitrogen and oxygen atoms in total. The Labute approximate surface area is 157 Å². The Bertz CT molecular complexity index is 1340. The molecule has 6 heteroatoms. The summed E-state index contributed by atoms with van der Waals surface area (Å²) in [6, 6.07) is 17.3. The highest BCUT2D eigenvalue weighted by Gasteiger charge is 2.19. The van der Waals surface area contributed by atoms with E-state index in [9.17, 15) is 13.2 Å². The minimum Gasteiger partial charge on any atom is -0.252 e. The topological polar surface area (TPSA) is 30.7 Å². The quantitative estimate of drug-likeness (QED) is 0.399. The Morgan fingerprint density at radius 3 is 2.36 bits per heavy atom. The van der Waals surface area contributed by atoms with E-state index in [0.29, 0.717) is 22.0 Å². The lowest BCUT2D eigenvalue weighted by Gasteiger charge is -2.07. The van der Waals surface area contributed by atoms with Gasteiger partial charge in [0, 0.05) is 28.6 Å². The van der Waals surface area contributed by atoms with Crippen LogP contribution in [0.2, 0.25) is 0 Å². The van der Waals surface area contributed by atoms with Crippen LogP contribution in [-0.4, -0.2) is 14.8 Å². The molecule has 136 valence electrons. The molecule has 2 heterocycles. The zero-order chi connectivity index (χ0) is 19.3. The van der Waals surface area contributed by atoms with Gasteiger partial charge in [-0.15, -0.1) is 0 Å². The molecule has 5 rings (SSSR count). The minimum absolute atomic E-state index is 0.0744. The van der Waals surface area contributed by atoms with E-state index >= 15 is 0 Å². The smallest absolute Gasteiger partial charge is 0.151 e. The first-order valence-electron chi connectivity index (χ1n) is 8.60. The van der Waals surface area contributed by atoms with E-state index in [1.807, 2.05) is 30.3 Å². The van der Waals surface area contributed by atoms with Gasteiger partial charge in [0.1, 0.15) is 28.5 Å². The van der Waals surface area contributed by atoms with Gasteiger partial charge in [0.05, 0.1) is 5.52 Å². The number of aromatic nitrogens is 3. The van der Waals surface area contributed by atoms with E-state index in [4.69, 9.17) is 0 Å². The third-order valence-electron chi connectivity index (χ3n) is 4.67. The summed E-state index contributed by atoms with van der Waals surface area (Å²) in [5, 5.41) is 5.73. The van der Waals surface area contributed by atoms with Gasteiger partial charge in [-0.3, -0.25) is 4.98 Å². The van der Waals surface area contributed by atoms with Crippen molar-refractivity contribution >= 4 is 21.8 Å². The third-order valence-corrected chi connectivity index (χ3v) is 4.67. The summed E-state index contributed by atoms with van der Waals surface area (Å²) in [6.45, 7) is 0. The van der Waals surface area contributed by atoms with Crippen LogP contribution < -0.4 is 0 Å². The van der Waals surface area contributed by atoms with Crippen LogP contribution >= 0.6 is 0 Å². The van der Waals surface area contributed by atoms with Crippen LogP contribution in [0.5, 0.6) is 0 Å². The standard InChI is InChI=1S/C22H12F3N3/c23-14-9-10-19(18(25)11-14)28-22-15-7-4-8-17(24)21(15)26-12-16(22)20(27-28)13-5-2-1-3-6-13/h1-12H. The first-order valence-corrected chi connectivity index (χ1v) is 8.60. The van der Waals surface area contributed by atoms with Gasteiger partial charge >= 0.3 is 0 Å². The van der Waals surface area contributed by atoms with Crippen LogP contribution in [-0.2, 0) is 0 Å². The summed E-state index contributed by atoms with van der Waals surface area (Å²) in [5.41, 5.74) is 2.14. The number of hydrogen-bond donors (Lipinski definition) is 0. The van der Waals surface area contributed by atoms with Crippen LogP contribution in [0.1, 0.15) is 0 Å². The van der Waals surface area contributed by atoms with Gasteiger partial charge in [-0.05, 0) is 18.2 Å². The Morgan fingerprint density at radius 1 is 0.750 bits per heavy atom. The molecular weight excluding hydrogens is 363 g/mol. The Kier molecular flexibility index (Phi) is 3.65. The lowest BCUT2D eigenvalue weighted by atomic mass is 10.1. The normalized spacial score (nSPS) is 11.4. The molecule has 0 bridgehead atoms. The van der Waals surface area contributed by atoms with Crippen molar-refractivity contribution in [3.8, 4) is 16.9 Å². The van der Waals surface area contributed by atoms with Crippen molar-refractivity contribution in [1.82, 2.24) is 14.8 Å². The maximum atomic E-state index is 14.6. The maximum Gasteiger partial charge on any atom is 0.151 e. The molecule has 3 aromatic carbocycles. The number of fused-ring (bicyclic) bond motifs is 3. The summed E-state index contributed by atoms with van der Waals surface area (Å²) in [7, 11) is 0. The lowest BCUT2D eigenvalue weighted by Crippen LogP contribution is -2.01. The van der Waals surface area contributed by atoms with Crippen molar-refractivity contribution in [2.75, 3.05) is 0 Å². The van der Waals surface area contributed by atoms with Gasteiger partial charge in [-0.2, -0.15) is 5.10 Å². The Hall–Kier alpha value is -3.67. The molecule has 0 unspecified atom stereocenters. The molecule has 0 fully saturated rings. The van der Waals surface area contributed by atoms with Crippen LogP contribution in [0.4, 0.5) is 13.2 Å². The third kappa shape index (κ3) is 2.45. The zero-order valence-electron chi connectivity index (χ0n) is 14.4. The summed E-state index contributed by atoms with van der Waals surface area (Å²) >= 11 is 0. The number of hydrogen-bond acceptors (Lipinski definition) is 2. The molecule has 0 aliphatic rings. The van der Waals surface area contributed by atoms with E-state index in [2.05, 4.69) is 10.1 Å². The van der Waals surface area contributed by atoms with Gasteiger partial charge in [0.2, 0.25) is 0 Å². The number of rotatable bonds is 2. The van der Waals surface area contributed by atoms with E-state index in [-0.39, 0.29) is 11.2 Å². The van der Waals surface area contributed by atoms with Gasteiger partial charge in [0.15, 0.2) is 5.82 Å². The predicted octanol–water partition coefficient (Wildman–Crippen LogP) is 5.66. The second-order valence-corrected chi connectivity index (χ2v) is 6.38. The number of nitrogens with zero attached hydrogens (tertiary/aromatic N) is 3. The molecule has 0 N–H and O–H groups in total. The fourth-order valence-electron chi connectivity index (χ4n) is 3.41. The van der Waals surface area contributed by atoms with Crippen LogP contribution in [0.3, 0.4) is 0 Å². The van der Waals surface area contributed by atoms with Crippen molar-refractivity contribution in [1.29, 1.82) is 0 Å². The number of pyridine rings is 1. The average Bonchev–Trinajstić information content (AvgIpc) is 3.09. The molecule has 0 radical (unpaired) electrons. The number of halogens is 3. The molecule has 0 aliphatic carbocycles. The van der Waals surface area contributed by atoms with Gasteiger partial charge < -0.3 is 0 Å². The highest BCUT2D eigenvalue weighted by molar-refractivity contribution is 6.08. The summed E-state index contributed by atoms with van der Waals surface area (Å²) in [4.78, 5) is 4.26. The van der Waals surface area contributed by atoms with Crippen molar-refractivity contribution < 1.29 is 13.2 Å². The maximum absolute atomic E-state index is 14.6. The van der Waals surface area contributed by atoms with Crippen LogP contribution in [0.15, 0.2) is 72.9 Å². The molecule has 0 amide bonds. The lowest BCUT2D eigenvalue weighted by molar-refractivity contribution is 0.575. The Morgan fingerprint density at radius 2 is 1.57 bits per heavy atom. The van der Waals surface area contributed by atoms with Crippen LogP contribution in [0, 0.1) is 17.5 Å². The van der Waals surface area contributed by atoms with Crippen molar-refractivity contribution in [2.45, 2.75) is 0 Å². The number of para-hydroxylation sites is 1. The first-order chi connectivity index (χ1) is 13.6. The molecule has 0 atom stereocenters. The largest absolute Gasteiger partial charge is 0.252 e. The second kappa shape index (κ2) is 6.20. The fraction of sp³-hybridized carbons (Fsp3) is 0. The van der Waals surface area contributed by atoms with Crippen molar-refractivity contribution in [3.05, 3.63) is 90.4 Å². The molecule has 2 aromatic heterocycles. The average molecular weight is 375 g/mol. The molecular formula is C22H12F3N3. The van der Waals surface area contributed by atoms with Gasteiger partial charge in [0.25, 0.3) is 0 Å². The fourth-order valence-corrected chi connectivity index (χ4v) is 3.41. The molecule has 5 aromatic rings.